The second-order valence-corrected chi connectivity index (χ2v) is 10.5. The molecule has 2 aliphatic heterocycles. The molecular formula is C20H33FO3S2. The first-order valence-electron chi connectivity index (χ1n) is 10.2. The largest absolute Gasteiger partial charge is 0.386 e. The fraction of sp³-hybridized carbons (Fsp3) is 0.900. The molecule has 4 unspecified atom stereocenters. The molecule has 0 radical (unpaired) electrons. The average molecular weight is 405 g/mol. The number of unbranched alkanes of at least 4 members (excludes halogenated alkanes) is 1. The highest BCUT2D eigenvalue weighted by molar-refractivity contribution is 8.20. The molecule has 1 aliphatic carbocycles. The van der Waals surface area contributed by atoms with Crippen molar-refractivity contribution in [1.29, 1.82) is 0 Å². The number of hydrogen-bond acceptors (Lipinski definition) is 5. The number of aliphatic hydroxyl groups excluding tert-OH is 1. The van der Waals surface area contributed by atoms with Crippen molar-refractivity contribution in [3.63, 3.8) is 0 Å². The molecule has 4 atom stereocenters. The van der Waals surface area contributed by atoms with Gasteiger partial charge in [0.25, 0.3) is 0 Å². The molecule has 0 aromatic rings. The van der Waals surface area contributed by atoms with E-state index in [0.29, 0.717) is 36.1 Å². The molecule has 2 saturated heterocycles. The summed E-state index contributed by atoms with van der Waals surface area (Å²) in [6.45, 7) is 3.39. The average Bonchev–Trinajstić information content (AvgIpc) is 3.39. The van der Waals surface area contributed by atoms with Crippen LogP contribution < -0.4 is 0 Å². The molecule has 2 heterocycles. The normalized spacial score (nSPS) is 31.3. The van der Waals surface area contributed by atoms with E-state index in [4.69, 9.17) is 9.47 Å². The Hall–Kier alpha value is 0.250. The minimum Gasteiger partial charge on any atom is -0.386 e. The van der Waals surface area contributed by atoms with Crippen molar-refractivity contribution in [2.45, 2.75) is 74.5 Å². The molecule has 1 N–H and O–H groups in total. The molecule has 3 aliphatic rings. The minimum absolute atomic E-state index is 0.303. The van der Waals surface area contributed by atoms with Crippen molar-refractivity contribution in [1.82, 2.24) is 0 Å². The topological polar surface area (TPSA) is 38.7 Å². The Morgan fingerprint density at radius 1 is 1.23 bits per heavy atom. The monoisotopic (exact) mass is 404 g/mol. The first kappa shape index (κ1) is 21.0. The molecule has 3 nitrogen and oxygen atoms in total. The van der Waals surface area contributed by atoms with E-state index in [-0.39, 0.29) is 0 Å². The zero-order valence-electron chi connectivity index (χ0n) is 15.8. The highest BCUT2D eigenvalue weighted by Crippen LogP contribution is 2.50. The summed E-state index contributed by atoms with van der Waals surface area (Å²) in [6.07, 6.45) is 7.92. The number of thioether (sulfide) groups is 2. The van der Waals surface area contributed by atoms with Crippen LogP contribution in [-0.2, 0) is 9.47 Å². The van der Waals surface area contributed by atoms with E-state index in [1.54, 1.807) is 6.08 Å². The molecule has 3 fully saturated rings. The quantitative estimate of drug-likeness (QED) is 0.560. The van der Waals surface area contributed by atoms with Crippen LogP contribution >= 0.6 is 23.5 Å². The summed E-state index contributed by atoms with van der Waals surface area (Å²) >= 11 is 4.12. The molecule has 26 heavy (non-hydrogen) atoms. The van der Waals surface area contributed by atoms with E-state index >= 15 is 0 Å². The molecule has 150 valence electrons. The van der Waals surface area contributed by atoms with Crippen molar-refractivity contribution in [2.75, 3.05) is 24.7 Å². The van der Waals surface area contributed by atoms with Crippen molar-refractivity contribution in [2.24, 2.45) is 11.8 Å². The predicted molar refractivity (Wildman–Crippen MR) is 108 cm³/mol. The smallest absolute Gasteiger partial charge is 0.171 e. The van der Waals surface area contributed by atoms with Crippen LogP contribution in [0.25, 0.3) is 0 Å². The fourth-order valence-corrected chi connectivity index (χ4v) is 7.27. The molecule has 0 bridgehead atoms. The standard InChI is InChI=1S/C20H33FO3S2/c1-2-3-4-17(21)18(22)7-5-15-9-10-20(23-11-12-24-20)16(15)6-8-19-25-13-14-26-19/h5,7,15-19,22H,2-4,6,8-14H2,1H3/b7-5+. The van der Waals surface area contributed by atoms with E-state index in [0.717, 1.165) is 32.1 Å². The van der Waals surface area contributed by atoms with Gasteiger partial charge in [-0.1, -0.05) is 31.9 Å². The summed E-state index contributed by atoms with van der Waals surface area (Å²) < 4.78 is 26.9. The van der Waals surface area contributed by atoms with Crippen LogP contribution in [0.2, 0.25) is 0 Å². The summed E-state index contributed by atoms with van der Waals surface area (Å²) in [5.41, 5.74) is 0. The molecule has 0 aromatic carbocycles. The van der Waals surface area contributed by atoms with Crippen LogP contribution in [0.3, 0.4) is 0 Å². The summed E-state index contributed by atoms with van der Waals surface area (Å²) in [5.74, 6) is 2.68. The lowest BCUT2D eigenvalue weighted by molar-refractivity contribution is -0.185. The van der Waals surface area contributed by atoms with Gasteiger partial charge in [-0.2, -0.15) is 0 Å². The maximum Gasteiger partial charge on any atom is 0.171 e. The van der Waals surface area contributed by atoms with Gasteiger partial charge in [0.05, 0.1) is 17.8 Å². The Labute approximate surface area is 165 Å². The lowest BCUT2D eigenvalue weighted by atomic mass is 9.87. The molecule has 1 spiro atoms. The maximum absolute atomic E-state index is 14.0. The predicted octanol–water partition coefficient (Wildman–Crippen LogP) is 4.79. The number of rotatable bonds is 9. The lowest BCUT2D eigenvalue weighted by Crippen LogP contribution is -2.36. The summed E-state index contributed by atoms with van der Waals surface area (Å²) in [4.78, 5) is 0. The van der Waals surface area contributed by atoms with E-state index < -0.39 is 18.1 Å². The van der Waals surface area contributed by atoms with Gasteiger partial charge < -0.3 is 14.6 Å². The van der Waals surface area contributed by atoms with Crippen molar-refractivity contribution in [3.05, 3.63) is 12.2 Å². The van der Waals surface area contributed by atoms with Gasteiger partial charge in [0.15, 0.2) is 5.79 Å². The van der Waals surface area contributed by atoms with E-state index in [2.05, 4.69) is 23.5 Å². The highest BCUT2D eigenvalue weighted by atomic mass is 32.2. The van der Waals surface area contributed by atoms with Crippen LogP contribution in [0.5, 0.6) is 0 Å². The van der Waals surface area contributed by atoms with Crippen molar-refractivity contribution < 1.29 is 19.0 Å². The number of ether oxygens (including phenoxy) is 2. The maximum atomic E-state index is 14.0. The van der Waals surface area contributed by atoms with Gasteiger partial charge in [0, 0.05) is 23.8 Å². The lowest BCUT2D eigenvalue weighted by Gasteiger charge is -2.32. The van der Waals surface area contributed by atoms with Crippen molar-refractivity contribution >= 4 is 23.5 Å². The van der Waals surface area contributed by atoms with Gasteiger partial charge in [0.1, 0.15) is 12.3 Å². The van der Waals surface area contributed by atoms with Gasteiger partial charge >= 0.3 is 0 Å². The molecule has 0 aromatic heterocycles. The number of halogens is 1. The third kappa shape index (κ3) is 5.19. The third-order valence-corrected chi connectivity index (χ3v) is 9.02. The van der Waals surface area contributed by atoms with Crippen LogP contribution in [-0.4, -0.2) is 52.5 Å². The van der Waals surface area contributed by atoms with Crippen LogP contribution in [0.1, 0.15) is 51.9 Å². The Bertz CT molecular complexity index is 450. The summed E-state index contributed by atoms with van der Waals surface area (Å²) in [7, 11) is 0. The SMILES string of the molecule is CCCCC(F)C(O)/C=C/C1CCC2(OCCO2)C1CCC1SCCS1. The molecule has 3 rings (SSSR count). The Morgan fingerprint density at radius 2 is 1.96 bits per heavy atom. The number of aliphatic hydroxyl groups is 1. The van der Waals surface area contributed by atoms with Gasteiger partial charge in [-0.25, -0.2) is 4.39 Å². The number of alkyl halides is 1. The van der Waals surface area contributed by atoms with Crippen LogP contribution in [0.4, 0.5) is 4.39 Å². The first-order chi connectivity index (χ1) is 12.6. The summed E-state index contributed by atoms with van der Waals surface area (Å²) in [5, 5.41) is 10.1. The number of hydrogen-bond donors (Lipinski definition) is 1. The van der Waals surface area contributed by atoms with Gasteiger partial charge in [-0.3, -0.25) is 0 Å². The molecule has 6 heteroatoms. The highest BCUT2D eigenvalue weighted by Gasteiger charge is 2.51. The second-order valence-electron chi connectivity index (χ2n) is 7.60. The Morgan fingerprint density at radius 3 is 2.65 bits per heavy atom. The molecular weight excluding hydrogens is 371 g/mol. The van der Waals surface area contributed by atoms with Crippen molar-refractivity contribution in [3.8, 4) is 0 Å². The van der Waals surface area contributed by atoms with Gasteiger partial charge in [-0.15, -0.1) is 23.5 Å². The van der Waals surface area contributed by atoms with Gasteiger partial charge in [-0.05, 0) is 31.6 Å². The first-order valence-corrected chi connectivity index (χ1v) is 12.3. The number of allylic oxidation sites excluding steroid dienone is 1. The van der Waals surface area contributed by atoms with E-state index in [1.165, 1.54) is 17.9 Å². The second kappa shape index (κ2) is 10.1. The minimum atomic E-state index is -1.16. The van der Waals surface area contributed by atoms with E-state index in [9.17, 15) is 9.50 Å². The zero-order valence-corrected chi connectivity index (χ0v) is 17.4. The third-order valence-electron chi connectivity index (χ3n) is 5.85. The van der Waals surface area contributed by atoms with Gasteiger partial charge in [0.2, 0.25) is 0 Å². The van der Waals surface area contributed by atoms with Crippen LogP contribution in [0, 0.1) is 11.8 Å². The Balaban J connectivity index is 1.59. The Kier molecular flexibility index (Phi) is 8.19. The van der Waals surface area contributed by atoms with Crippen LogP contribution in [0.15, 0.2) is 12.2 Å². The van der Waals surface area contributed by atoms with E-state index in [1.807, 2.05) is 13.0 Å². The summed E-state index contributed by atoms with van der Waals surface area (Å²) in [6, 6.07) is 0. The fourth-order valence-electron chi connectivity index (χ4n) is 4.41. The molecule has 1 saturated carbocycles. The zero-order chi connectivity index (χ0) is 18.4. The molecule has 0 amide bonds.